The van der Waals surface area contributed by atoms with E-state index in [2.05, 4.69) is 26.0 Å². The molecular formula is C14H14BrNO4. The van der Waals surface area contributed by atoms with E-state index in [0.717, 1.165) is 15.9 Å². The van der Waals surface area contributed by atoms with Gasteiger partial charge in [-0.05, 0) is 40.2 Å². The van der Waals surface area contributed by atoms with Crippen molar-refractivity contribution < 1.29 is 18.7 Å². The van der Waals surface area contributed by atoms with E-state index in [9.17, 15) is 4.79 Å². The predicted molar refractivity (Wildman–Crippen MR) is 78.1 cm³/mol. The van der Waals surface area contributed by atoms with Gasteiger partial charge in [0.1, 0.15) is 11.5 Å². The minimum atomic E-state index is -0.485. The zero-order chi connectivity index (χ0) is 14.5. The molecule has 0 aliphatic rings. The molecule has 1 heterocycles. The van der Waals surface area contributed by atoms with Crippen molar-refractivity contribution >= 4 is 27.6 Å². The number of rotatable bonds is 5. The molecule has 20 heavy (non-hydrogen) atoms. The fourth-order valence-electron chi connectivity index (χ4n) is 1.64. The van der Waals surface area contributed by atoms with Crippen molar-refractivity contribution in [1.29, 1.82) is 0 Å². The molecule has 2 rings (SSSR count). The third-order valence-electron chi connectivity index (χ3n) is 2.67. The Morgan fingerprint density at radius 3 is 2.80 bits per heavy atom. The topological polar surface area (TPSA) is 60.7 Å². The maximum absolute atomic E-state index is 11.3. The molecule has 0 aliphatic heterocycles. The molecule has 0 saturated carbocycles. The third-order valence-corrected chi connectivity index (χ3v) is 3.32. The fraction of sp³-hybridized carbons (Fsp3) is 0.214. The maximum atomic E-state index is 11.3. The molecule has 0 bridgehead atoms. The molecule has 0 radical (unpaired) electrons. The molecular weight excluding hydrogens is 326 g/mol. The van der Waals surface area contributed by atoms with Crippen molar-refractivity contribution in [1.82, 2.24) is 0 Å². The molecule has 0 fully saturated rings. The number of hydrogen-bond acceptors (Lipinski definition) is 5. The Kier molecular flexibility index (Phi) is 4.68. The van der Waals surface area contributed by atoms with Crippen LogP contribution in [0.5, 0.6) is 5.75 Å². The number of benzene rings is 1. The summed E-state index contributed by atoms with van der Waals surface area (Å²) in [6.07, 6.45) is 0. The van der Waals surface area contributed by atoms with Crippen LogP contribution in [0.2, 0.25) is 0 Å². The average Bonchev–Trinajstić information content (AvgIpc) is 2.94. The lowest BCUT2D eigenvalue weighted by atomic mass is 10.3. The number of halogens is 1. The zero-order valence-electron chi connectivity index (χ0n) is 11.1. The van der Waals surface area contributed by atoms with E-state index >= 15 is 0 Å². The number of carbonyl (C=O) groups is 1. The van der Waals surface area contributed by atoms with Gasteiger partial charge in [0.15, 0.2) is 0 Å². The van der Waals surface area contributed by atoms with E-state index in [1.54, 1.807) is 19.2 Å². The molecule has 6 heteroatoms. The lowest BCUT2D eigenvalue weighted by molar-refractivity contribution is 0.0563. The minimum Gasteiger partial charge on any atom is -0.495 e. The third kappa shape index (κ3) is 3.33. The van der Waals surface area contributed by atoms with Gasteiger partial charge in [0.2, 0.25) is 5.76 Å². The van der Waals surface area contributed by atoms with Gasteiger partial charge in [0.25, 0.3) is 0 Å². The van der Waals surface area contributed by atoms with Crippen molar-refractivity contribution in [3.8, 4) is 5.75 Å². The number of ether oxygens (including phenoxy) is 2. The highest BCUT2D eigenvalue weighted by atomic mass is 79.9. The van der Waals surface area contributed by atoms with Crippen LogP contribution in [0.25, 0.3) is 0 Å². The second-order valence-corrected chi connectivity index (χ2v) is 4.81. The number of carbonyl (C=O) groups excluding carboxylic acids is 1. The van der Waals surface area contributed by atoms with Crippen LogP contribution < -0.4 is 10.1 Å². The van der Waals surface area contributed by atoms with Crippen LogP contribution in [0.15, 0.2) is 39.2 Å². The zero-order valence-corrected chi connectivity index (χ0v) is 12.7. The first-order chi connectivity index (χ1) is 9.63. The summed E-state index contributed by atoms with van der Waals surface area (Å²) in [4.78, 5) is 11.3. The van der Waals surface area contributed by atoms with E-state index < -0.39 is 5.97 Å². The number of esters is 1. The smallest absolute Gasteiger partial charge is 0.373 e. The van der Waals surface area contributed by atoms with Gasteiger partial charge in [-0.25, -0.2) is 4.79 Å². The van der Waals surface area contributed by atoms with Crippen LogP contribution in [0.3, 0.4) is 0 Å². The molecule has 0 unspecified atom stereocenters. The summed E-state index contributed by atoms with van der Waals surface area (Å²) in [7, 11) is 2.93. The second-order valence-electron chi connectivity index (χ2n) is 3.96. The summed E-state index contributed by atoms with van der Waals surface area (Å²) in [6.45, 7) is 0.460. The normalized spacial score (nSPS) is 10.2. The Bertz CT molecular complexity index is 609. The van der Waals surface area contributed by atoms with Gasteiger partial charge in [-0.2, -0.15) is 0 Å². The number of anilines is 1. The van der Waals surface area contributed by atoms with Crippen molar-refractivity contribution in [3.05, 3.63) is 46.3 Å². The summed E-state index contributed by atoms with van der Waals surface area (Å²) < 4.78 is 16.0. The van der Waals surface area contributed by atoms with Crippen LogP contribution in [0.1, 0.15) is 16.3 Å². The van der Waals surface area contributed by atoms with Crippen LogP contribution in [-0.4, -0.2) is 20.2 Å². The monoisotopic (exact) mass is 339 g/mol. The van der Waals surface area contributed by atoms with Gasteiger partial charge in [-0.15, -0.1) is 0 Å². The van der Waals surface area contributed by atoms with Gasteiger partial charge in [0, 0.05) is 11.8 Å². The van der Waals surface area contributed by atoms with Crippen LogP contribution in [-0.2, 0) is 11.3 Å². The SMILES string of the molecule is COC(=O)c1ccc(CNc2ccc(Br)c(OC)c2)o1. The van der Waals surface area contributed by atoms with Crippen molar-refractivity contribution in [2.24, 2.45) is 0 Å². The summed E-state index contributed by atoms with van der Waals surface area (Å²) in [5, 5.41) is 3.19. The van der Waals surface area contributed by atoms with E-state index in [1.165, 1.54) is 7.11 Å². The molecule has 106 valence electrons. The largest absolute Gasteiger partial charge is 0.495 e. The number of furan rings is 1. The van der Waals surface area contributed by atoms with Crippen molar-refractivity contribution in [2.75, 3.05) is 19.5 Å². The Morgan fingerprint density at radius 2 is 2.10 bits per heavy atom. The molecule has 1 aromatic carbocycles. The van der Waals surface area contributed by atoms with Gasteiger partial charge >= 0.3 is 5.97 Å². The molecule has 1 aromatic heterocycles. The maximum Gasteiger partial charge on any atom is 0.373 e. The lowest BCUT2D eigenvalue weighted by Crippen LogP contribution is -2.00. The first-order valence-corrected chi connectivity index (χ1v) is 6.67. The molecule has 2 aromatic rings. The van der Waals surface area contributed by atoms with Crippen LogP contribution in [0.4, 0.5) is 5.69 Å². The van der Waals surface area contributed by atoms with E-state index in [4.69, 9.17) is 9.15 Å². The first kappa shape index (κ1) is 14.5. The Balaban J connectivity index is 2.01. The van der Waals surface area contributed by atoms with E-state index in [1.807, 2.05) is 18.2 Å². The van der Waals surface area contributed by atoms with Gasteiger partial charge in [-0.1, -0.05) is 0 Å². The Hall–Kier alpha value is -1.95. The molecule has 0 amide bonds. The quantitative estimate of drug-likeness (QED) is 0.845. The number of methoxy groups -OCH3 is 2. The summed E-state index contributed by atoms with van der Waals surface area (Å²) in [5.74, 6) is 1.09. The summed E-state index contributed by atoms with van der Waals surface area (Å²) >= 11 is 3.39. The lowest BCUT2D eigenvalue weighted by Gasteiger charge is -2.08. The van der Waals surface area contributed by atoms with Crippen LogP contribution >= 0.6 is 15.9 Å². The molecule has 0 aliphatic carbocycles. The number of nitrogens with one attached hydrogen (secondary N) is 1. The van der Waals surface area contributed by atoms with Crippen LogP contribution in [0, 0.1) is 0 Å². The van der Waals surface area contributed by atoms with E-state index in [-0.39, 0.29) is 5.76 Å². The molecule has 1 N–H and O–H groups in total. The van der Waals surface area contributed by atoms with E-state index in [0.29, 0.717) is 12.3 Å². The van der Waals surface area contributed by atoms with Gasteiger partial charge in [-0.3, -0.25) is 0 Å². The van der Waals surface area contributed by atoms with Gasteiger partial charge in [0.05, 0.1) is 25.2 Å². The second kappa shape index (κ2) is 6.47. The average molecular weight is 340 g/mol. The molecule has 0 spiro atoms. The fourth-order valence-corrected chi connectivity index (χ4v) is 2.05. The van der Waals surface area contributed by atoms with Gasteiger partial charge < -0.3 is 19.2 Å². The molecule has 0 atom stereocenters. The molecule has 0 saturated heterocycles. The Morgan fingerprint density at radius 1 is 1.30 bits per heavy atom. The molecule has 5 nitrogen and oxygen atoms in total. The Labute approximate surface area is 125 Å². The highest BCUT2D eigenvalue weighted by Gasteiger charge is 2.10. The highest BCUT2D eigenvalue weighted by Crippen LogP contribution is 2.28. The highest BCUT2D eigenvalue weighted by molar-refractivity contribution is 9.10. The predicted octanol–water partition coefficient (Wildman–Crippen LogP) is 3.45. The van der Waals surface area contributed by atoms with Crippen molar-refractivity contribution in [3.63, 3.8) is 0 Å². The first-order valence-electron chi connectivity index (χ1n) is 5.88. The standard InChI is InChI=1S/C14H14BrNO4/c1-18-13-7-9(3-5-11(13)15)16-8-10-4-6-12(20-10)14(17)19-2/h3-7,16H,8H2,1-2H3. The summed E-state index contributed by atoms with van der Waals surface area (Å²) in [6, 6.07) is 8.99. The minimum absolute atomic E-state index is 0.192. The summed E-state index contributed by atoms with van der Waals surface area (Å²) in [5.41, 5.74) is 0.890. The van der Waals surface area contributed by atoms with Crippen molar-refractivity contribution in [2.45, 2.75) is 6.54 Å². The number of hydrogen-bond donors (Lipinski definition) is 1.